The van der Waals surface area contributed by atoms with E-state index in [9.17, 15) is 9.90 Å². The first-order chi connectivity index (χ1) is 10.5. The molecule has 2 N–H and O–H groups in total. The predicted octanol–water partition coefficient (Wildman–Crippen LogP) is 3.66. The molecule has 0 saturated carbocycles. The normalized spacial score (nSPS) is 10.4. The van der Waals surface area contributed by atoms with Gasteiger partial charge in [-0.15, -0.1) is 6.42 Å². The van der Waals surface area contributed by atoms with Gasteiger partial charge < -0.3 is 5.11 Å². The molecule has 2 rings (SSSR count). The number of halogens is 2. The monoisotopic (exact) mass is 420 g/mol. The van der Waals surface area contributed by atoms with Gasteiger partial charge in [0.05, 0.1) is 11.8 Å². The molecule has 0 spiro atoms. The third kappa shape index (κ3) is 3.75. The number of hydrogen-bond acceptors (Lipinski definition) is 3. The van der Waals surface area contributed by atoms with E-state index < -0.39 is 0 Å². The molecular formula is C16H10Br2N2O2. The summed E-state index contributed by atoms with van der Waals surface area (Å²) < 4.78 is 1.61. The molecule has 0 heterocycles. The van der Waals surface area contributed by atoms with E-state index in [1.54, 1.807) is 30.3 Å². The Bertz CT molecular complexity index is 795. The van der Waals surface area contributed by atoms with Crippen LogP contribution in [-0.4, -0.2) is 17.2 Å². The molecular weight excluding hydrogens is 412 g/mol. The van der Waals surface area contributed by atoms with Crippen LogP contribution in [-0.2, 0) is 0 Å². The fraction of sp³-hybridized carbons (Fsp3) is 0. The molecule has 0 atom stereocenters. The molecule has 0 aliphatic carbocycles. The minimum Gasteiger partial charge on any atom is -0.507 e. The first-order valence-electron chi connectivity index (χ1n) is 6.10. The maximum atomic E-state index is 12.0. The summed E-state index contributed by atoms with van der Waals surface area (Å²) in [6, 6.07) is 9.89. The number of benzene rings is 2. The van der Waals surface area contributed by atoms with Crippen molar-refractivity contribution in [1.82, 2.24) is 5.43 Å². The SMILES string of the molecule is C#Cc1cccc(O)c1/C=N/NC(=O)c1ccc(Br)c(Br)c1. The van der Waals surface area contributed by atoms with Crippen LogP contribution in [0.15, 0.2) is 50.4 Å². The molecule has 2 aromatic carbocycles. The second-order valence-electron chi connectivity index (χ2n) is 4.21. The highest BCUT2D eigenvalue weighted by atomic mass is 79.9. The van der Waals surface area contributed by atoms with Crippen LogP contribution in [0.3, 0.4) is 0 Å². The zero-order chi connectivity index (χ0) is 16.1. The summed E-state index contributed by atoms with van der Waals surface area (Å²) in [6.07, 6.45) is 6.67. The van der Waals surface area contributed by atoms with E-state index in [0.29, 0.717) is 16.7 Å². The standard InChI is InChI=1S/C16H10Br2N2O2/c1-2-10-4-3-5-15(21)12(10)9-19-20-16(22)11-6-7-13(17)14(18)8-11/h1,3-9,21H,(H,20,22)/b19-9+. The minimum atomic E-state index is -0.373. The molecule has 0 fully saturated rings. The van der Waals surface area contributed by atoms with E-state index in [-0.39, 0.29) is 11.7 Å². The second-order valence-corrected chi connectivity index (χ2v) is 5.92. The van der Waals surface area contributed by atoms with Crippen LogP contribution in [0, 0.1) is 12.3 Å². The lowest BCUT2D eigenvalue weighted by atomic mass is 10.1. The highest BCUT2D eigenvalue weighted by Crippen LogP contribution is 2.23. The highest BCUT2D eigenvalue weighted by Gasteiger charge is 2.07. The Kier molecular flexibility index (Phi) is 5.36. The number of carbonyl (C=O) groups excluding carboxylic acids is 1. The lowest BCUT2D eigenvalue weighted by molar-refractivity contribution is 0.0955. The van der Waals surface area contributed by atoms with Gasteiger partial charge in [-0.3, -0.25) is 4.79 Å². The predicted molar refractivity (Wildman–Crippen MR) is 92.9 cm³/mol. The molecule has 22 heavy (non-hydrogen) atoms. The van der Waals surface area contributed by atoms with E-state index in [0.717, 1.165) is 8.95 Å². The molecule has 110 valence electrons. The van der Waals surface area contributed by atoms with Gasteiger partial charge >= 0.3 is 0 Å². The summed E-state index contributed by atoms with van der Waals surface area (Å²) in [5, 5.41) is 13.6. The lowest BCUT2D eigenvalue weighted by Crippen LogP contribution is -2.17. The zero-order valence-electron chi connectivity index (χ0n) is 11.2. The summed E-state index contributed by atoms with van der Waals surface area (Å²) in [6.45, 7) is 0. The third-order valence-electron chi connectivity index (χ3n) is 2.78. The number of phenolic OH excluding ortho intramolecular Hbond substituents is 1. The van der Waals surface area contributed by atoms with E-state index in [1.807, 2.05) is 0 Å². The van der Waals surface area contributed by atoms with E-state index in [1.165, 1.54) is 12.3 Å². The zero-order valence-corrected chi connectivity index (χ0v) is 14.3. The van der Waals surface area contributed by atoms with Crippen molar-refractivity contribution in [2.24, 2.45) is 5.10 Å². The molecule has 0 aliphatic heterocycles. The Hall–Kier alpha value is -2.10. The molecule has 2 aromatic rings. The first kappa shape index (κ1) is 16.3. The molecule has 0 radical (unpaired) electrons. The molecule has 0 bridgehead atoms. The van der Waals surface area contributed by atoms with Crippen molar-refractivity contribution in [3.63, 3.8) is 0 Å². The minimum absolute atomic E-state index is 0.000153. The van der Waals surface area contributed by atoms with E-state index in [2.05, 4.69) is 48.3 Å². The maximum absolute atomic E-state index is 12.0. The Balaban J connectivity index is 2.14. The van der Waals surface area contributed by atoms with Crippen molar-refractivity contribution in [3.8, 4) is 18.1 Å². The van der Waals surface area contributed by atoms with Crippen LogP contribution < -0.4 is 5.43 Å². The second kappa shape index (κ2) is 7.25. The maximum Gasteiger partial charge on any atom is 0.271 e. The molecule has 0 unspecified atom stereocenters. The van der Waals surface area contributed by atoms with Crippen molar-refractivity contribution in [3.05, 3.63) is 62.0 Å². The van der Waals surface area contributed by atoms with E-state index >= 15 is 0 Å². The molecule has 0 aliphatic rings. The molecule has 4 nitrogen and oxygen atoms in total. The summed E-state index contributed by atoms with van der Waals surface area (Å²) in [7, 11) is 0. The number of hydrazone groups is 1. The Labute approximate surface area is 144 Å². The van der Waals surface area contributed by atoms with Crippen LogP contribution in [0.25, 0.3) is 0 Å². The first-order valence-corrected chi connectivity index (χ1v) is 7.68. The topological polar surface area (TPSA) is 61.7 Å². The van der Waals surface area contributed by atoms with Crippen molar-refractivity contribution in [2.75, 3.05) is 0 Å². The van der Waals surface area contributed by atoms with Crippen molar-refractivity contribution in [1.29, 1.82) is 0 Å². The van der Waals surface area contributed by atoms with Gasteiger partial charge in [-0.2, -0.15) is 5.10 Å². The highest BCUT2D eigenvalue weighted by molar-refractivity contribution is 9.13. The Morgan fingerprint density at radius 1 is 1.27 bits per heavy atom. The van der Waals surface area contributed by atoms with Gasteiger partial charge in [-0.05, 0) is 62.2 Å². The summed E-state index contributed by atoms with van der Waals surface area (Å²) >= 11 is 6.66. The number of aromatic hydroxyl groups is 1. The summed E-state index contributed by atoms with van der Waals surface area (Å²) in [4.78, 5) is 12.0. The van der Waals surface area contributed by atoms with Crippen molar-refractivity contribution >= 4 is 44.0 Å². The van der Waals surface area contributed by atoms with Gasteiger partial charge in [0.25, 0.3) is 5.91 Å². The van der Waals surface area contributed by atoms with Gasteiger partial charge in [0.15, 0.2) is 0 Å². The van der Waals surface area contributed by atoms with Gasteiger partial charge in [0, 0.05) is 20.1 Å². The van der Waals surface area contributed by atoms with Gasteiger partial charge in [-0.1, -0.05) is 12.0 Å². The number of terminal acetylenes is 1. The number of rotatable bonds is 3. The number of nitrogens with zero attached hydrogens (tertiary/aromatic N) is 1. The fourth-order valence-electron chi connectivity index (χ4n) is 1.67. The van der Waals surface area contributed by atoms with Crippen LogP contribution >= 0.6 is 31.9 Å². The van der Waals surface area contributed by atoms with Crippen molar-refractivity contribution in [2.45, 2.75) is 0 Å². The molecule has 0 aromatic heterocycles. The molecule has 1 amide bonds. The number of nitrogens with one attached hydrogen (secondary N) is 1. The van der Waals surface area contributed by atoms with Crippen molar-refractivity contribution < 1.29 is 9.90 Å². The lowest BCUT2D eigenvalue weighted by Gasteiger charge is -2.03. The number of amides is 1. The number of phenols is 1. The quantitative estimate of drug-likeness (QED) is 0.451. The average molecular weight is 422 g/mol. The van der Waals surface area contributed by atoms with Gasteiger partial charge in [-0.25, -0.2) is 5.43 Å². The van der Waals surface area contributed by atoms with Crippen LogP contribution in [0.5, 0.6) is 5.75 Å². The number of carbonyl (C=O) groups is 1. The molecule has 6 heteroatoms. The van der Waals surface area contributed by atoms with Crippen LogP contribution in [0.2, 0.25) is 0 Å². The average Bonchev–Trinajstić information content (AvgIpc) is 2.51. The number of hydrogen-bond donors (Lipinski definition) is 2. The Morgan fingerprint density at radius 3 is 2.73 bits per heavy atom. The fourth-order valence-corrected chi connectivity index (χ4v) is 2.30. The van der Waals surface area contributed by atoms with E-state index in [4.69, 9.17) is 6.42 Å². The van der Waals surface area contributed by atoms with Gasteiger partial charge in [0.2, 0.25) is 0 Å². The summed E-state index contributed by atoms with van der Waals surface area (Å²) in [5.41, 5.74) is 3.70. The largest absolute Gasteiger partial charge is 0.507 e. The van der Waals surface area contributed by atoms with Gasteiger partial charge in [0.1, 0.15) is 5.75 Å². The molecule has 0 saturated heterocycles. The smallest absolute Gasteiger partial charge is 0.271 e. The van der Waals surface area contributed by atoms with Crippen LogP contribution in [0.4, 0.5) is 0 Å². The Morgan fingerprint density at radius 2 is 2.05 bits per heavy atom. The third-order valence-corrected chi connectivity index (χ3v) is 4.66. The van der Waals surface area contributed by atoms with Crippen LogP contribution in [0.1, 0.15) is 21.5 Å². The summed E-state index contributed by atoms with van der Waals surface area (Å²) in [5.74, 6) is 2.07.